The standard InChI is InChI=1S/C13H20N4O/c1-16-8-15-7-11(16)13-10(14)3-2-4-12(18)17(13)9-5-6-9/h7-10,13H,2-6,14H2,1H3. The maximum atomic E-state index is 12.3. The molecule has 2 heterocycles. The molecular weight excluding hydrogens is 228 g/mol. The Morgan fingerprint density at radius 1 is 1.39 bits per heavy atom. The third-order valence-electron chi connectivity index (χ3n) is 4.02. The van der Waals surface area contributed by atoms with Crippen LogP contribution in [0.2, 0.25) is 0 Å². The molecular formula is C13H20N4O. The smallest absolute Gasteiger partial charge is 0.223 e. The summed E-state index contributed by atoms with van der Waals surface area (Å²) < 4.78 is 1.98. The van der Waals surface area contributed by atoms with Crippen LogP contribution in [-0.2, 0) is 11.8 Å². The van der Waals surface area contributed by atoms with E-state index in [1.54, 1.807) is 6.33 Å². The number of imidazole rings is 1. The number of aromatic nitrogens is 2. The summed E-state index contributed by atoms with van der Waals surface area (Å²) in [5, 5.41) is 0. The number of hydrogen-bond acceptors (Lipinski definition) is 3. The van der Waals surface area contributed by atoms with E-state index in [1.807, 2.05) is 22.7 Å². The van der Waals surface area contributed by atoms with Gasteiger partial charge in [-0.3, -0.25) is 4.79 Å². The zero-order chi connectivity index (χ0) is 12.7. The lowest BCUT2D eigenvalue weighted by molar-refractivity contribution is -0.134. The second-order valence-electron chi connectivity index (χ2n) is 5.46. The van der Waals surface area contributed by atoms with Gasteiger partial charge in [0.1, 0.15) is 0 Å². The molecule has 2 atom stereocenters. The van der Waals surface area contributed by atoms with E-state index in [4.69, 9.17) is 5.73 Å². The number of nitrogens with two attached hydrogens (primary N) is 1. The molecule has 1 saturated heterocycles. The first-order chi connectivity index (χ1) is 8.68. The number of amides is 1. The number of carbonyl (C=O) groups is 1. The second-order valence-corrected chi connectivity index (χ2v) is 5.46. The van der Waals surface area contributed by atoms with Gasteiger partial charge in [-0.05, 0) is 25.7 Å². The molecule has 3 rings (SSSR count). The van der Waals surface area contributed by atoms with E-state index in [-0.39, 0.29) is 18.0 Å². The molecule has 1 aliphatic heterocycles. The van der Waals surface area contributed by atoms with Gasteiger partial charge in [0.25, 0.3) is 0 Å². The van der Waals surface area contributed by atoms with Crippen molar-refractivity contribution in [3.05, 3.63) is 18.2 Å². The highest BCUT2D eigenvalue weighted by Crippen LogP contribution is 2.38. The first-order valence-electron chi connectivity index (χ1n) is 6.71. The fraction of sp³-hybridized carbons (Fsp3) is 0.692. The molecule has 1 saturated carbocycles. The van der Waals surface area contributed by atoms with Gasteiger partial charge >= 0.3 is 0 Å². The SMILES string of the molecule is Cn1cncc1C1C(N)CCCC(=O)N1C1CC1. The van der Waals surface area contributed by atoms with E-state index in [9.17, 15) is 4.79 Å². The normalized spacial score (nSPS) is 29.4. The van der Waals surface area contributed by atoms with Gasteiger partial charge in [0.05, 0.1) is 24.3 Å². The van der Waals surface area contributed by atoms with Crippen molar-refractivity contribution in [1.82, 2.24) is 14.5 Å². The van der Waals surface area contributed by atoms with Crippen LogP contribution in [0.5, 0.6) is 0 Å². The summed E-state index contributed by atoms with van der Waals surface area (Å²) in [6.45, 7) is 0. The van der Waals surface area contributed by atoms with Crippen LogP contribution in [0.4, 0.5) is 0 Å². The number of likely N-dealkylation sites (tertiary alicyclic amines) is 1. The Bertz CT molecular complexity index is 452. The number of hydrogen-bond donors (Lipinski definition) is 1. The van der Waals surface area contributed by atoms with Crippen LogP contribution < -0.4 is 5.73 Å². The molecule has 18 heavy (non-hydrogen) atoms. The Labute approximate surface area is 107 Å². The number of carbonyl (C=O) groups excluding carboxylic acids is 1. The summed E-state index contributed by atoms with van der Waals surface area (Å²) in [5.74, 6) is 0.261. The number of aryl methyl sites for hydroxylation is 1. The summed E-state index contributed by atoms with van der Waals surface area (Å²) >= 11 is 0. The largest absolute Gasteiger partial charge is 0.336 e. The van der Waals surface area contributed by atoms with Crippen LogP contribution in [0, 0.1) is 0 Å². The predicted molar refractivity (Wildman–Crippen MR) is 67.6 cm³/mol. The van der Waals surface area contributed by atoms with Gasteiger partial charge in [-0.1, -0.05) is 0 Å². The van der Waals surface area contributed by atoms with Crippen molar-refractivity contribution in [2.24, 2.45) is 12.8 Å². The Hall–Kier alpha value is -1.36. The Balaban J connectivity index is 1.99. The fourth-order valence-corrected chi connectivity index (χ4v) is 2.94. The Morgan fingerprint density at radius 3 is 2.78 bits per heavy atom. The molecule has 1 aliphatic carbocycles. The predicted octanol–water partition coefficient (Wildman–Crippen LogP) is 0.963. The van der Waals surface area contributed by atoms with E-state index in [0.29, 0.717) is 12.5 Å². The number of nitrogens with zero attached hydrogens (tertiary/aromatic N) is 3. The van der Waals surface area contributed by atoms with E-state index in [0.717, 1.165) is 31.4 Å². The summed E-state index contributed by atoms with van der Waals surface area (Å²) in [6.07, 6.45) is 8.31. The first-order valence-corrected chi connectivity index (χ1v) is 6.71. The van der Waals surface area contributed by atoms with Crippen LogP contribution in [0.1, 0.15) is 43.8 Å². The van der Waals surface area contributed by atoms with E-state index >= 15 is 0 Å². The number of rotatable bonds is 2. The molecule has 2 aliphatic rings. The van der Waals surface area contributed by atoms with Gasteiger partial charge in [0.2, 0.25) is 5.91 Å². The van der Waals surface area contributed by atoms with Crippen LogP contribution in [0.3, 0.4) is 0 Å². The first kappa shape index (κ1) is 11.7. The molecule has 1 aromatic heterocycles. The average molecular weight is 248 g/mol. The van der Waals surface area contributed by atoms with Crippen molar-refractivity contribution in [2.45, 2.75) is 50.2 Å². The Morgan fingerprint density at radius 2 is 2.17 bits per heavy atom. The van der Waals surface area contributed by atoms with Crippen LogP contribution >= 0.6 is 0 Å². The molecule has 5 heteroatoms. The van der Waals surface area contributed by atoms with Crippen molar-refractivity contribution in [1.29, 1.82) is 0 Å². The van der Waals surface area contributed by atoms with Crippen molar-refractivity contribution in [3.8, 4) is 0 Å². The molecule has 0 spiro atoms. The van der Waals surface area contributed by atoms with Gasteiger partial charge in [-0.25, -0.2) is 4.98 Å². The molecule has 0 bridgehead atoms. The highest BCUT2D eigenvalue weighted by molar-refractivity contribution is 5.77. The monoisotopic (exact) mass is 248 g/mol. The molecule has 2 fully saturated rings. The van der Waals surface area contributed by atoms with Crippen molar-refractivity contribution in [2.75, 3.05) is 0 Å². The van der Waals surface area contributed by atoms with Crippen LogP contribution in [-0.4, -0.2) is 32.4 Å². The zero-order valence-corrected chi connectivity index (χ0v) is 10.7. The highest BCUT2D eigenvalue weighted by Gasteiger charge is 2.42. The molecule has 0 aromatic carbocycles. The summed E-state index contributed by atoms with van der Waals surface area (Å²) in [4.78, 5) is 18.5. The molecule has 2 unspecified atom stereocenters. The second kappa shape index (κ2) is 4.39. The summed E-state index contributed by atoms with van der Waals surface area (Å²) in [6, 6.07) is 0.425. The van der Waals surface area contributed by atoms with Gasteiger partial charge < -0.3 is 15.2 Å². The third kappa shape index (κ3) is 1.92. The topological polar surface area (TPSA) is 64.2 Å². The van der Waals surface area contributed by atoms with E-state index in [2.05, 4.69) is 4.98 Å². The van der Waals surface area contributed by atoms with E-state index in [1.165, 1.54) is 0 Å². The van der Waals surface area contributed by atoms with Gasteiger partial charge in [0.15, 0.2) is 0 Å². The van der Waals surface area contributed by atoms with Gasteiger partial charge in [0, 0.05) is 25.6 Å². The minimum Gasteiger partial charge on any atom is -0.336 e. The maximum Gasteiger partial charge on any atom is 0.223 e. The molecule has 0 radical (unpaired) electrons. The lowest BCUT2D eigenvalue weighted by atomic mass is 10.0. The van der Waals surface area contributed by atoms with E-state index < -0.39 is 0 Å². The van der Waals surface area contributed by atoms with Gasteiger partial charge in [-0.15, -0.1) is 0 Å². The maximum absolute atomic E-state index is 12.3. The quantitative estimate of drug-likeness (QED) is 0.848. The zero-order valence-electron chi connectivity index (χ0n) is 10.7. The molecule has 5 nitrogen and oxygen atoms in total. The highest BCUT2D eigenvalue weighted by atomic mass is 16.2. The average Bonchev–Trinajstić information content (AvgIpc) is 3.09. The molecule has 98 valence electrons. The summed E-state index contributed by atoms with van der Waals surface area (Å²) in [5.41, 5.74) is 7.38. The van der Waals surface area contributed by atoms with Crippen molar-refractivity contribution >= 4 is 5.91 Å². The summed E-state index contributed by atoms with van der Waals surface area (Å²) in [7, 11) is 1.97. The minimum absolute atomic E-state index is 0.000000000000000444. The fourth-order valence-electron chi connectivity index (χ4n) is 2.94. The molecule has 1 aromatic rings. The lowest BCUT2D eigenvalue weighted by Gasteiger charge is -2.33. The minimum atomic E-state index is -0.000000000000000444. The Kier molecular flexibility index (Phi) is 2.86. The van der Waals surface area contributed by atoms with Gasteiger partial charge in [-0.2, -0.15) is 0 Å². The van der Waals surface area contributed by atoms with Crippen LogP contribution in [0.25, 0.3) is 0 Å². The molecule has 1 amide bonds. The van der Waals surface area contributed by atoms with Crippen LogP contribution in [0.15, 0.2) is 12.5 Å². The third-order valence-corrected chi connectivity index (χ3v) is 4.02. The molecule has 2 N–H and O–H groups in total. The van der Waals surface area contributed by atoms with Crippen molar-refractivity contribution in [3.63, 3.8) is 0 Å². The van der Waals surface area contributed by atoms with Crippen molar-refractivity contribution < 1.29 is 4.79 Å². The lowest BCUT2D eigenvalue weighted by Crippen LogP contribution is -2.44.